The molecule has 1 aliphatic rings. The molecule has 1 fully saturated rings. The zero-order chi connectivity index (χ0) is 26.7. The number of nitrogens with one attached hydrogen (secondary N) is 3. The normalized spacial score (nSPS) is 14.4. The Balaban J connectivity index is 1.45. The Hall–Kier alpha value is -3.93. The molecule has 0 radical (unpaired) electrons. The van der Waals surface area contributed by atoms with Gasteiger partial charge in [0.1, 0.15) is 18.1 Å². The average Bonchev–Trinajstić information content (AvgIpc) is 3.41. The number of hydrogen-bond acceptors (Lipinski definition) is 11. The Bertz CT molecular complexity index is 1210. The molecular formula is C27H36N8O3. The third kappa shape index (κ3) is 8.04. The van der Waals surface area contributed by atoms with Crippen LogP contribution in [0.15, 0.2) is 71.0 Å². The van der Waals surface area contributed by atoms with Gasteiger partial charge in [-0.05, 0) is 12.0 Å². The van der Waals surface area contributed by atoms with Gasteiger partial charge in [-0.25, -0.2) is 0 Å². The molecule has 38 heavy (non-hydrogen) atoms. The number of benzene rings is 1. The molecule has 3 aromatic rings. The van der Waals surface area contributed by atoms with Crippen LogP contribution in [0.25, 0.3) is 11.3 Å². The van der Waals surface area contributed by atoms with Gasteiger partial charge < -0.3 is 30.1 Å². The van der Waals surface area contributed by atoms with Crippen LogP contribution in [0.5, 0.6) is 5.88 Å². The summed E-state index contributed by atoms with van der Waals surface area (Å²) in [6, 6.07) is 13.5. The van der Waals surface area contributed by atoms with Crippen molar-refractivity contribution >= 4 is 11.8 Å². The van der Waals surface area contributed by atoms with E-state index in [9.17, 15) is 0 Å². The van der Waals surface area contributed by atoms with Crippen molar-refractivity contribution in [1.82, 2.24) is 25.5 Å². The van der Waals surface area contributed by atoms with E-state index in [4.69, 9.17) is 19.8 Å². The quantitative estimate of drug-likeness (QED) is 0.150. The van der Waals surface area contributed by atoms with Crippen molar-refractivity contribution in [1.29, 1.82) is 0 Å². The van der Waals surface area contributed by atoms with Crippen molar-refractivity contribution in [2.45, 2.75) is 20.4 Å². The molecule has 0 bridgehead atoms. The van der Waals surface area contributed by atoms with E-state index < -0.39 is 0 Å². The maximum absolute atomic E-state index is 6.00. The van der Waals surface area contributed by atoms with Crippen LogP contribution in [-0.4, -0.2) is 59.5 Å². The molecule has 11 heteroatoms. The minimum Gasteiger partial charge on any atom is -0.476 e. The van der Waals surface area contributed by atoms with E-state index in [0.717, 1.165) is 49.8 Å². The largest absolute Gasteiger partial charge is 0.476 e. The van der Waals surface area contributed by atoms with Crippen molar-refractivity contribution in [3.8, 4) is 17.1 Å². The number of hydrazine groups is 1. The number of hydrogen-bond donors (Lipinski definition) is 4. The molecule has 0 atom stereocenters. The highest BCUT2D eigenvalue weighted by Crippen LogP contribution is 2.21. The summed E-state index contributed by atoms with van der Waals surface area (Å²) < 4.78 is 16.9. The molecule has 1 aromatic carbocycles. The van der Waals surface area contributed by atoms with Crippen LogP contribution in [-0.2, 0) is 11.3 Å². The van der Waals surface area contributed by atoms with E-state index in [1.807, 2.05) is 56.3 Å². The fourth-order valence-corrected chi connectivity index (χ4v) is 3.82. The molecule has 4 rings (SSSR count). The maximum Gasteiger partial charge on any atom is 0.228 e. The lowest BCUT2D eigenvalue weighted by atomic mass is 10.1. The highest BCUT2D eigenvalue weighted by molar-refractivity contribution is 5.58. The second-order valence-electron chi connectivity index (χ2n) is 9.16. The number of anilines is 2. The molecule has 5 N–H and O–H groups in total. The second kappa shape index (κ2) is 13.6. The van der Waals surface area contributed by atoms with E-state index in [-0.39, 0.29) is 5.92 Å². The number of ether oxygens (including phenoxy) is 2. The van der Waals surface area contributed by atoms with Crippen LogP contribution in [0.3, 0.4) is 0 Å². The summed E-state index contributed by atoms with van der Waals surface area (Å²) in [4.78, 5) is 11.4. The molecule has 1 saturated heterocycles. The summed E-state index contributed by atoms with van der Waals surface area (Å²) in [6.07, 6.45) is 1.85. The van der Waals surface area contributed by atoms with Gasteiger partial charge >= 0.3 is 0 Å². The molecule has 0 amide bonds. The molecular weight excluding hydrogens is 484 g/mol. The van der Waals surface area contributed by atoms with Crippen molar-refractivity contribution in [2.75, 3.05) is 50.1 Å². The minimum atomic E-state index is 0.211. The summed E-state index contributed by atoms with van der Waals surface area (Å²) in [5.41, 5.74) is 5.93. The first-order chi connectivity index (χ1) is 18.5. The summed E-state index contributed by atoms with van der Waals surface area (Å²) >= 11 is 0. The molecule has 1 aliphatic heterocycles. The fourth-order valence-electron chi connectivity index (χ4n) is 3.82. The Kier molecular flexibility index (Phi) is 9.68. The van der Waals surface area contributed by atoms with Crippen LogP contribution in [0, 0.1) is 5.92 Å². The predicted octanol–water partition coefficient (Wildman–Crippen LogP) is 3.38. The third-order valence-electron chi connectivity index (χ3n) is 5.92. The van der Waals surface area contributed by atoms with Crippen LogP contribution in [0.2, 0.25) is 0 Å². The van der Waals surface area contributed by atoms with Gasteiger partial charge in [0.25, 0.3) is 0 Å². The SMILES string of the molecule is C=C(/C=C(\NN)C(C)C)Nc1cc(OCCN2CCOCC2)nc(NCc2cc(-c3ccccc3)no2)n1. The van der Waals surface area contributed by atoms with Gasteiger partial charge in [-0.3, -0.25) is 10.7 Å². The smallest absolute Gasteiger partial charge is 0.228 e. The minimum absolute atomic E-state index is 0.211. The van der Waals surface area contributed by atoms with Crippen molar-refractivity contribution < 1.29 is 14.0 Å². The van der Waals surface area contributed by atoms with Gasteiger partial charge in [0, 0.05) is 48.7 Å². The van der Waals surface area contributed by atoms with Gasteiger partial charge in [-0.1, -0.05) is 55.9 Å². The van der Waals surface area contributed by atoms with Crippen LogP contribution < -0.4 is 26.6 Å². The zero-order valence-electron chi connectivity index (χ0n) is 21.9. The topological polar surface area (TPSA) is 136 Å². The van der Waals surface area contributed by atoms with Gasteiger partial charge in [-0.2, -0.15) is 9.97 Å². The molecule has 2 aromatic heterocycles. The number of nitrogens with two attached hydrogens (primary N) is 1. The summed E-state index contributed by atoms with van der Waals surface area (Å²) in [6.45, 7) is 13.1. The van der Waals surface area contributed by atoms with E-state index in [1.165, 1.54) is 0 Å². The Morgan fingerprint density at radius 3 is 2.71 bits per heavy atom. The first-order valence-corrected chi connectivity index (χ1v) is 12.7. The average molecular weight is 521 g/mol. The molecule has 202 valence electrons. The number of allylic oxidation sites excluding steroid dienone is 2. The van der Waals surface area contributed by atoms with Crippen molar-refractivity contribution in [2.24, 2.45) is 11.8 Å². The Morgan fingerprint density at radius 2 is 1.97 bits per heavy atom. The molecule has 11 nitrogen and oxygen atoms in total. The maximum atomic E-state index is 6.00. The van der Waals surface area contributed by atoms with Gasteiger partial charge in [0.15, 0.2) is 5.76 Å². The molecule has 0 saturated carbocycles. The lowest BCUT2D eigenvalue weighted by Crippen LogP contribution is -2.38. The Labute approximate surface area is 223 Å². The summed E-state index contributed by atoms with van der Waals surface area (Å²) in [5.74, 6) is 7.87. The lowest BCUT2D eigenvalue weighted by Gasteiger charge is -2.26. The molecule has 0 spiro atoms. The highest BCUT2D eigenvalue weighted by Gasteiger charge is 2.13. The van der Waals surface area contributed by atoms with Gasteiger partial charge in [0.2, 0.25) is 11.8 Å². The van der Waals surface area contributed by atoms with E-state index >= 15 is 0 Å². The van der Waals surface area contributed by atoms with Crippen molar-refractivity contribution in [3.05, 3.63) is 72.3 Å². The van der Waals surface area contributed by atoms with Crippen LogP contribution >= 0.6 is 0 Å². The number of rotatable bonds is 13. The monoisotopic (exact) mass is 520 g/mol. The number of aromatic nitrogens is 3. The molecule has 0 aliphatic carbocycles. The predicted molar refractivity (Wildman–Crippen MR) is 147 cm³/mol. The molecule has 0 unspecified atom stereocenters. The number of morpholine rings is 1. The van der Waals surface area contributed by atoms with Crippen LogP contribution in [0.4, 0.5) is 11.8 Å². The molecule has 3 heterocycles. The zero-order valence-corrected chi connectivity index (χ0v) is 21.9. The first kappa shape index (κ1) is 27.1. The number of nitrogens with zero attached hydrogens (tertiary/aromatic N) is 4. The van der Waals surface area contributed by atoms with E-state index in [2.05, 4.69) is 42.7 Å². The summed E-state index contributed by atoms with van der Waals surface area (Å²) in [5, 5.41) is 10.6. The highest BCUT2D eigenvalue weighted by atomic mass is 16.5. The second-order valence-corrected chi connectivity index (χ2v) is 9.16. The summed E-state index contributed by atoms with van der Waals surface area (Å²) in [7, 11) is 0. The van der Waals surface area contributed by atoms with Crippen LogP contribution in [0.1, 0.15) is 19.6 Å². The van der Waals surface area contributed by atoms with Crippen molar-refractivity contribution in [3.63, 3.8) is 0 Å². The fraction of sp³-hybridized carbons (Fsp3) is 0.370. The third-order valence-corrected chi connectivity index (χ3v) is 5.92. The first-order valence-electron chi connectivity index (χ1n) is 12.7. The van der Waals surface area contributed by atoms with Gasteiger partial charge in [-0.15, -0.1) is 0 Å². The van der Waals surface area contributed by atoms with E-state index in [0.29, 0.717) is 42.3 Å². The Morgan fingerprint density at radius 1 is 1.18 bits per heavy atom. The lowest BCUT2D eigenvalue weighted by molar-refractivity contribution is 0.0320. The van der Waals surface area contributed by atoms with Gasteiger partial charge in [0.05, 0.1) is 19.8 Å². The standard InChI is InChI=1S/C27H36N8O3/c1-19(2)23(33-28)15-20(3)30-25-17-26(37-14-11-35-9-12-36-13-10-35)32-27(31-25)29-18-22-16-24(34-38-22)21-7-5-4-6-8-21/h4-8,15-17,19,33H,3,9-14,18,28H2,1-2H3,(H2,29,30,31,32)/b23-15-. The van der Waals surface area contributed by atoms with E-state index in [1.54, 1.807) is 6.07 Å².